The summed E-state index contributed by atoms with van der Waals surface area (Å²) in [5.74, 6) is 0.709. The van der Waals surface area contributed by atoms with E-state index in [0.717, 1.165) is 13.1 Å². The molecule has 0 unspecified atom stereocenters. The molecule has 0 saturated carbocycles. The summed E-state index contributed by atoms with van der Waals surface area (Å²) in [5.41, 5.74) is 2.61. The van der Waals surface area contributed by atoms with Crippen LogP contribution in [0.25, 0.3) is 0 Å². The normalized spacial score (nSPS) is 20.8. The third-order valence-electron chi connectivity index (χ3n) is 4.72. The number of quaternary nitrogens is 2. The lowest BCUT2D eigenvalue weighted by atomic mass is 10.1. The number of aromatic hydroxyl groups is 1. The molecule has 1 aliphatic rings. The summed E-state index contributed by atoms with van der Waals surface area (Å²) in [6.07, 6.45) is 0. The molecule has 5 heteroatoms. The average Bonchev–Trinajstić information content (AvgIpc) is 2.60. The van der Waals surface area contributed by atoms with Crippen LogP contribution >= 0.6 is 15.9 Å². The summed E-state index contributed by atoms with van der Waals surface area (Å²) in [6, 6.07) is 14.7. The van der Waals surface area contributed by atoms with Crippen molar-refractivity contribution in [2.24, 2.45) is 0 Å². The fourth-order valence-electron chi connectivity index (χ4n) is 3.37. The Labute approximate surface area is 151 Å². The number of benzene rings is 2. The topological polar surface area (TPSA) is 38.3 Å². The van der Waals surface area contributed by atoms with Gasteiger partial charge in [-0.1, -0.05) is 30.3 Å². The van der Waals surface area contributed by atoms with Crippen molar-refractivity contribution in [2.75, 3.05) is 33.3 Å². The molecular weight excluding hydrogens is 368 g/mol. The van der Waals surface area contributed by atoms with E-state index in [2.05, 4.69) is 46.3 Å². The van der Waals surface area contributed by atoms with Crippen molar-refractivity contribution >= 4 is 15.9 Å². The molecule has 0 spiro atoms. The van der Waals surface area contributed by atoms with Crippen LogP contribution in [0.4, 0.5) is 0 Å². The SMILES string of the molecule is COc1cc(C[NH+]2CC[NH+](Cc3ccccc3)CC2)cc(Br)c1O. The van der Waals surface area contributed by atoms with Crippen LogP contribution < -0.4 is 14.5 Å². The van der Waals surface area contributed by atoms with Crippen molar-refractivity contribution in [3.63, 3.8) is 0 Å². The second kappa shape index (κ2) is 8.01. The number of phenols is 1. The van der Waals surface area contributed by atoms with E-state index >= 15 is 0 Å². The van der Waals surface area contributed by atoms with E-state index < -0.39 is 0 Å². The molecule has 1 saturated heterocycles. The lowest BCUT2D eigenvalue weighted by Gasteiger charge is -2.30. The van der Waals surface area contributed by atoms with E-state index in [0.29, 0.717) is 10.2 Å². The molecule has 0 aromatic heterocycles. The zero-order chi connectivity index (χ0) is 16.9. The number of piperazine rings is 1. The molecule has 2 aromatic rings. The summed E-state index contributed by atoms with van der Waals surface area (Å²) in [6.45, 7) is 6.81. The molecule has 128 valence electrons. The van der Waals surface area contributed by atoms with Crippen molar-refractivity contribution in [1.82, 2.24) is 0 Å². The third kappa shape index (κ3) is 4.29. The van der Waals surface area contributed by atoms with Gasteiger partial charge in [0.2, 0.25) is 0 Å². The molecule has 0 atom stereocenters. The van der Waals surface area contributed by atoms with Gasteiger partial charge in [-0.25, -0.2) is 0 Å². The molecule has 4 nitrogen and oxygen atoms in total. The van der Waals surface area contributed by atoms with E-state index in [1.165, 1.54) is 37.3 Å². The van der Waals surface area contributed by atoms with Gasteiger partial charge in [0, 0.05) is 11.1 Å². The molecule has 3 rings (SSSR count). The number of nitrogens with one attached hydrogen (secondary N) is 2. The minimum atomic E-state index is 0.174. The van der Waals surface area contributed by atoms with Gasteiger partial charge < -0.3 is 19.6 Å². The van der Waals surface area contributed by atoms with E-state index in [4.69, 9.17) is 4.74 Å². The molecule has 1 fully saturated rings. The van der Waals surface area contributed by atoms with Crippen molar-refractivity contribution in [2.45, 2.75) is 13.1 Å². The summed E-state index contributed by atoms with van der Waals surface area (Å²) < 4.78 is 5.94. The molecule has 0 bridgehead atoms. The van der Waals surface area contributed by atoms with Crippen molar-refractivity contribution in [1.29, 1.82) is 0 Å². The minimum Gasteiger partial charge on any atom is -0.503 e. The Bertz CT molecular complexity index is 671. The molecule has 1 heterocycles. The highest BCUT2D eigenvalue weighted by Crippen LogP contribution is 2.34. The van der Waals surface area contributed by atoms with Crippen LogP contribution in [0.5, 0.6) is 11.5 Å². The second-order valence-corrected chi connectivity index (χ2v) is 7.32. The van der Waals surface area contributed by atoms with Gasteiger partial charge in [-0.05, 0) is 28.1 Å². The number of ether oxygens (including phenoxy) is 1. The second-order valence-electron chi connectivity index (χ2n) is 6.47. The Hall–Kier alpha value is -1.56. The van der Waals surface area contributed by atoms with Crippen molar-refractivity contribution in [3.05, 3.63) is 58.1 Å². The van der Waals surface area contributed by atoms with Crippen LogP contribution in [0.2, 0.25) is 0 Å². The van der Waals surface area contributed by atoms with Gasteiger partial charge in [-0.3, -0.25) is 0 Å². The number of hydrogen-bond donors (Lipinski definition) is 3. The van der Waals surface area contributed by atoms with E-state index in [1.54, 1.807) is 16.9 Å². The highest BCUT2D eigenvalue weighted by molar-refractivity contribution is 9.10. The highest BCUT2D eigenvalue weighted by Gasteiger charge is 2.23. The Kier molecular flexibility index (Phi) is 5.76. The molecule has 0 radical (unpaired) electrons. The molecule has 2 aromatic carbocycles. The molecule has 1 aliphatic heterocycles. The minimum absolute atomic E-state index is 0.174. The Morgan fingerprint density at radius 2 is 1.54 bits per heavy atom. The lowest BCUT2D eigenvalue weighted by molar-refractivity contribution is -1.02. The predicted molar refractivity (Wildman–Crippen MR) is 97.6 cm³/mol. The molecule has 24 heavy (non-hydrogen) atoms. The zero-order valence-corrected chi connectivity index (χ0v) is 15.6. The quantitative estimate of drug-likeness (QED) is 0.698. The number of hydrogen-bond acceptors (Lipinski definition) is 2. The van der Waals surface area contributed by atoms with Gasteiger partial charge >= 0.3 is 0 Å². The number of rotatable bonds is 5. The monoisotopic (exact) mass is 392 g/mol. The average molecular weight is 393 g/mol. The zero-order valence-electron chi connectivity index (χ0n) is 14.0. The molecule has 0 aliphatic carbocycles. The number of phenolic OH excluding ortho intramolecular Hbond substituents is 1. The number of methoxy groups -OCH3 is 1. The maximum Gasteiger partial charge on any atom is 0.172 e. The first-order valence-electron chi connectivity index (χ1n) is 8.42. The summed E-state index contributed by atoms with van der Waals surface area (Å²) in [4.78, 5) is 3.25. The lowest BCUT2D eigenvalue weighted by Crippen LogP contribution is -3.27. The molecule has 0 amide bonds. The standard InChI is InChI=1S/C19H23BrN2O2/c1-24-18-12-16(11-17(20)19(18)23)14-22-9-7-21(8-10-22)13-15-5-3-2-4-6-15/h2-6,11-12,23H,7-10,13-14H2,1H3/p+2. The Balaban J connectivity index is 1.55. The fourth-order valence-corrected chi connectivity index (χ4v) is 3.86. The van der Waals surface area contributed by atoms with Crippen LogP contribution in [0.15, 0.2) is 46.9 Å². The summed E-state index contributed by atoms with van der Waals surface area (Å²) in [5, 5.41) is 9.92. The van der Waals surface area contributed by atoms with Gasteiger partial charge in [0.05, 0.1) is 11.6 Å². The Morgan fingerprint density at radius 3 is 2.12 bits per heavy atom. The highest BCUT2D eigenvalue weighted by atomic mass is 79.9. The van der Waals surface area contributed by atoms with Gasteiger partial charge in [-0.15, -0.1) is 0 Å². The molecular formula is C19H25BrN2O2+2. The van der Waals surface area contributed by atoms with Crippen LogP contribution in [-0.4, -0.2) is 38.4 Å². The fraction of sp³-hybridized carbons (Fsp3) is 0.368. The van der Waals surface area contributed by atoms with Crippen molar-refractivity contribution in [3.8, 4) is 11.5 Å². The van der Waals surface area contributed by atoms with E-state index in [9.17, 15) is 5.11 Å². The molecule has 3 N–H and O–H groups in total. The van der Waals surface area contributed by atoms with Crippen LogP contribution in [0.1, 0.15) is 11.1 Å². The first-order valence-corrected chi connectivity index (χ1v) is 9.21. The third-order valence-corrected chi connectivity index (χ3v) is 5.33. The number of halogens is 1. The maximum absolute atomic E-state index is 9.92. The largest absolute Gasteiger partial charge is 0.503 e. The predicted octanol–water partition coefficient (Wildman–Crippen LogP) is 0.647. The van der Waals surface area contributed by atoms with Gasteiger partial charge in [0.25, 0.3) is 0 Å². The van der Waals surface area contributed by atoms with Gasteiger partial charge in [0.15, 0.2) is 11.5 Å². The van der Waals surface area contributed by atoms with E-state index in [-0.39, 0.29) is 5.75 Å². The van der Waals surface area contributed by atoms with Gasteiger partial charge in [0.1, 0.15) is 39.3 Å². The van der Waals surface area contributed by atoms with Crippen molar-refractivity contribution < 1.29 is 19.6 Å². The van der Waals surface area contributed by atoms with Crippen LogP contribution in [0.3, 0.4) is 0 Å². The summed E-state index contributed by atoms with van der Waals surface area (Å²) in [7, 11) is 1.59. The van der Waals surface area contributed by atoms with Gasteiger partial charge in [-0.2, -0.15) is 0 Å². The van der Waals surface area contributed by atoms with Crippen LogP contribution in [0, 0.1) is 0 Å². The van der Waals surface area contributed by atoms with Crippen LogP contribution in [-0.2, 0) is 13.1 Å². The Morgan fingerprint density at radius 1 is 0.958 bits per heavy atom. The smallest absolute Gasteiger partial charge is 0.172 e. The maximum atomic E-state index is 9.92. The van der Waals surface area contributed by atoms with E-state index in [1.807, 2.05) is 12.1 Å². The summed E-state index contributed by atoms with van der Waals surface area (Å²) >= 11 is 3.41. The first-order chi connectivity index (χ1) is 11.7. The first kappa shape index (κ1) is 17.3.